The van der Waals surface area contributed by atoms with Crippen LogP contribution in [0.1, 0.15) is 19.3 Å². The van der Waals surface area contributed by atoms with Crippen LogP contribution in [0, 0.1) is 0 Å². The van der Waals surface area contributed by atoms with E-state index >= 15 is 0 Å². The van der Waals surface area contributed by atoms with Crippen LogP contribution in [-0.4, -0.2) is 49.3 Å². The zero-order valence-electron chi connectivity index (χ0n) is 9.54. The molecule has 2 atom stereocenters. The first-order valence-electron chi connectivity index (χ1n) is 6.05. The van der Waals surface area contributed by atoms with Crippen molar-refractivity contribution in [3.8, 4) is 0 Å². The average molecular weight is 244 g/mol. The van der Waals surface area contributed by atoms with Crippen LogP contribution in [0.15, 0.2) is 0 Å². The van der Waals surface area contributed by atoms with Crippen molar-refractivity contribution in [3.05, 3.63) is 0 Å². The van der Waals surface area contributed by atoms with Gasteiger partial charge in [0.2, 0.25) is 5.91 Å². The minimum Gasteiger partial charge on any atom is -0.375 e. The molecule has 2 N–H and O–H groups in total. The summed E-state index contributed by atoms with van der Waals surface area (Å²) in [6, 6.07) is 0. The molecule has 2 saturated heterocycles. The zero-order chi connectivity index (χ0) is 11.2. The van der Waals surface area contributed by atoms with Crippen molar-refractivity contribution in [1.29, 1.82) is 0 Å². The first kappa shape index (κ1) is 12.2. The molecule has 2 aliphatic heterocycles. The molecule has 4 nitrogen and oxygen atoms in total. The van der Waals surface area contributed by atoms with Crippen LogP contribution in [0.25, 0.3) is 0 Å². The highest BCUT2D eigenvalue weighted by Crippen LogP contribution is 2.25. The van der Waals surface area contributed by atoms with Crippen LogP contribution in [-0.2, 0) is 9.53 Å². The van der Waals surface area contributed by atoms with Gasteiger partial charge in [-0.15, -0.1) is 0 Å². The van der Waals surface area contributed by atoms with E-state index < -0.39 is 0 Å². The Labute approximate surface area is 101 Å². The van der Waals surface area contributed by atoms with Gasteiger partial charge in [0.1, 0.15) is 0 Å². The molecule has 0 spiro atoms. The number of thioether (sulfide) groups is 1. The Balaban J connectivity index is 1.59. The van der Waals surface area contributed by atoms with E-state index in [2.05, 4.69) is 10.6 Å². The van der Waals surface area contributed by atoms with E-state index in [-0.39, 0.29) is 12.0 Å². The van der Waals surface area contributed by atoms with Crippen molar-refractivity contribution in [1.82, 2.24) is 10.6 Å². The Kier molecular flexibility index (Phi) is 4.93. The highest BCUT2D eigenvalue weighted by Gasteiger charge is 2.19. The first-order valence-corrected chi connectivity index (χ1v) is 7.10. The minimum atomic E-state index is 0.0602. The van der Waals surface area contributed by atoms with Crippen molar-refractivity contribution in [2.45, 2.75) is 30.6 Å². The van der Waals surface area contributed by atoms with E-state index in [4.69, 9.17) is 4.74 Å². The van der Waals surface area contributed by atoms with Gasteiger partial charge in [-0.1, -0.05) is 0 Å². The summed E-state index contributed by atoms with van der Waals surface area (Å²) in [6.45, 7) is 3.24. The fraction of sp³-hybridized carbons (Fsp3) is 0.909. The van der Waals surface area contributed by atoms with Crippen LogP contribution >= 0.6 is 11.8 Å². The van der Waals surface area contributed by atoms with Crippen molar-refractivity contribution < 1.29 is 9.53 Å². The van der Waals surface area contributed by atoms with Gasteiger partial charge >= 0.3 is 0 Å². The largest absolute Gasteiger partial charge is 0.375 e. The van der Waals surface area contributed by atoms with Crippen LogP contribution in [0.5, 0.6) is 0 Å². The van der Waals surface area contributed by atoms with Crippen LogP contribution in [0.4, 0.5) is 0 Å². The SMILES string of the molecule is O=C(CC1CNCCO1)NCC1CCCS1. The lowest BCUT2D eigenvalue weighted by molar-refractivity contribution is -0.124. The monoisotopic (exact) mass is 244 g/mol. The Morgan fingerprint density at radius 2 is 2.50 bits per heavy atom. The van der Waals surface area contributed by atoms with Crippen molar-refractivity contribution in [2.75, 3.05) is 32.0 Å². The Bertz CT molecular complexity index is 226. The molecule has 0 radical (unpaired) electrons. The molecule has 0 aromatic carbocycles. The lowest BCUT2D eigenvalue weighted by Crippen LogP contribution is -2.42. The van der Waals surface area contributed by atoms with Gasteiger partial charge in [0.05, 0.1) is 19.1 Å². The van der Waals surface area contributed by atoms with Gasteiger partial charge in [-0.2, -0.15) is 11.8 Å². The predicted octanol–water partition coefficient (Wildman–Crippen LogP) is 0.377. The molecule has 2 unspecified atom stereocenters. The molecule has 0 saturated carbocycles. The molecule has 5 heteroatoms. The normalized spacial score (nSPS) is 30.2. The van der Waals surface area contributed by atoms with Crippen LogP contribution in [0.2, 0.25) is 0 Å². The molecule has 2 rings (SSSR count). The number of hydrogen-bond acceptors (Lipinski definition) is 4. The molecule has 16 heavy (non-hydrogen) atoms. The molecule has 0 aliphatic carbocycles. The molecule has 0 aromatic rings. The van der Waals surface area contributed by atoms with Crippen molar-refractivity contribution >= 4 is 17.7 Å². The number of carbonyl (C=O) groups is 1. The fourth-order valence-corrected chi connectivity index (χ4v) is 3.26. The van der Waals surface area contributed by atoms with Crippen LogP contribution in [0.3, 0.4) is 0 Å². The van der Waals surface area contributed by atoms with E-state index in [9.17, 15) is 4.79 Å². The highest BCUT2D eigenvalue weighted by molar-refractivity contribution is 8.00. The number of rotatable bonds is 4. The third-order valence-electron chi connectivity index (χ3n) is 2.97. The fourth-order valence-electron chi connectivity index (χ4n) is 2.06. The third kappa shape index (κ3) is 3.96. The minimum absolute atomic E-state index is 0.0602. The van der Waals surface area contributed by atoms with Crippen molar-refractivity contribution in [3.63, 3.8) is 0 Å². The molecule has 0 aromatic heterocycles. The zero-order valence-corrected chi connectivity index (χ0v) is 10.4. The van der Waals surface area contributed by atoms with Gasteiger partial charge in [-0.05, 0) is 18.6 Å². The molecular formula is C11H20N2O2S. The Morgan fingerprint density at radius 3 is 3.19 bits per heavy atom. The maximum atomic E-state index is 11.6. The quantitative estimate of drug-likeness (QED) is 0.750. The summed E-state index contributed by atoms with van der Waals surface area (Å²) in [5, 5.41) is 6.87. The molecular weight excluding hydrogens is 224 g/mol. The van der Waals surface area contributed by atoms with Gasteiger partial charge in [-0.3, -0.25) is 4.79 Å². The van der Waals surface area contributed by atoms with E-state index in [1.165, 1.54) is 18.6 Å². The number of nitrogens with one attached hydrogen (secondary N) is 2. The lowest BCUT2D eigenvalue weighted by atomic mass is 10.2. The van der Waals surface area contributed by atoms with E-state index in [1.54, 1.807) is 0 Å². The molecule has 92 valence electrons. The number of carbonyl (C=O) groups excluding carboxylic acids is 1. The smallest absolute Gasteiger partial charge is 0.222 e. The van der Waals surface area contributed by atoms with E-state index in [0.717, 1.165) is 26.2 Å². The molecule has 0 bridgehead atoms. The predicted molar refractivity (Wildman–Crippen MR) is 65.7 cm³/mol. The summed E-state index contributed by atoms with van der Waals surface area (Å²) in [5.74, 6) is 1.37. The second-order valence-electron chi connectivity index (χ2n) is 4.34. The van der Waals surface area contributed by atoms with E-state index in [0.29, 0.717) is 11.7 Å². The van der Waals surface area contributed by atoms with Gasteiger partial charge in [-0.25, -0.2) is 0 Å². The molecule has 2 aliphatic rings. The summed E-state index contributed by atoms with van der Waals surface area (Å²) in [7, 11) is 0. The number of morpholine rings is 1. The Hall–Kier alpha value is -0.260. The molecule has 2 heterocycles. The third-order valence-corrected chi connectivity index (χ3v) is 4.37. The van der Waals surface area contributed by atoms with Crippen molar-refractivity contribution in [2.24, 2.45) is 0 Å². The first-order chi connectivity index (χ1) is 7.84. The average Bonchev–Trinajstić information content (AvgIpc) is 2.81. The van der Waals surface area contributed by atoms with Gasteiger partial charge < -0.3 is 15.4 Å². The van der Waals surface area contributed by atoms with Gasteiger partial charge in [0.25, 0.3) is 0 Å². The summed E-state index contributed by atoms with van der Waals surface area (Å²) >= 11 is 1.97. The van der Waals surface area contributed by atoms with E-state index in [1.807, 2.05) is 11.8 Å². The maximum Gasteiger partial charge on any atom is 0.222 e. The second-order valence-corrected chi connectivity index (χ2v) is 5.75. The number of amides is 1. The highest BCUT2D eigenvalue weighted by atomic mass is 32.2. The molecule has 2 fully saturated rings. The van der Waals surface area contributed by atoms with Gasteiger partial charge in [0.15, 0.2) is 0 Å². The number of ether oxygens (including phenoxy) is 1. The lowest BCUT2D eigenvalue weighted by Gasteiger charge is -2.23. The summed E-state index contributed by atoms with van der Waals surface area (Å²) in [6.07, 6.45) is 3.09. The topological polar surface area (TPSA) is 50.4 Å². The Morgan fingerprint density at radius 1 is 1.56 bits per heavy atom. The summed E-state index contributed by atoms with van der Waals surface area (Å²) < 4.78 is 5.49. The molecule has 1 amide bonds. The number of hydrogen-bond donors (Lipinski definition) is 2. The summed E-state index contributed by atoms with van der Waals surface area (Å²) in [4.78, 5) is 11.6. The summed E-state index contributed by atoms with van der Waals surface area (Å²) in [5.41, 5.74) is 0. The second kappa shape index (κ2) is 6.47. The van der Waals surface area contributed by atoms with Gasteiger partial charge in [0, 0.05) is 24.9 Å². The standard InChI is InChI=1S/C11H20N2O2S/c14-11(6-9-7-12-3-4-15-9)13-8-10-2-1-5-16-10/h9-10,12H,1-8H2,(H,13,14). The maximum absolute atomic E-state index is 11.6. The van der Waals surface area contributed by atoms with Crippen LogP contribution < -0.4 is 10.6 Å².